The molecule has 2 N–H and O–H groups in total. The van der Waals surface area contributed by atoms with E-state index in [0.717, 1.165) is 12.8 Å². The average Bonchev–Trinajstić information content (AvgIpc) is 2.90. The first-order valence-electron chi connectivity index (χ1n) is 6.86. The quantitative estimate of drug-likeness (QED) is 0.756. The van der Waals surface area contributed by atoms with Crippen molar-refractivity contribution in [2.24, 2.45) is 11.8 Å². The molecule has 0 saturated heterocycles. The zero-order valence-electron chi connectivity index (χ0n) is 11.7. The summed E-state index contributed by atoms with van der Waals surface area (Å²) in [4.78, 5) is 34.9. The van der Waals surface area contributed by atoms with Crippen LogP contribution in [-0.4, -0.2) is 17.8 Å². The van der Waals surface area contributed by atoms with Gasteiger partial charge in [-0.25, -0.2) is 0 Å². The van der Waals surface area contributed by atoms with Crippen LogP contribution in [0, 0.1) is 18.8 Å². The van der Waals surface area contributed by atoms with Crippen molar-refractivity contribution in [2.45, 2.75) is 32.6 Å². The highest BCUT2D eigenvalue weighted by Gasteiger charge is 2.32. The van der Waals surface area contributed by atoms with E-state index in [1.807, 2.05) is 0 Å². The van der Waals surface area contributed by atoms with E-state index in [4.69, 9.17) is 4.42 Å². The fourth-order valence-electron chi connectivity index (χ4n) is 2.63. The molecule has 7 heteroatoms. The summed E-state index contributed by atoms with van der Waals surface area (Å²) in [5.41, 5.74) is 4.87. The van der Waals surface area contributed by atoms with Crippen LogP contribution in [0.3, 0.4) is 0 Å². The van der Waals surface area contributed by atoms with Crippen LogP contribution in [0.5, 0.6) is 0 Å². The number of carbonyl (C=O) groups excluding carboxylic acids is 3. The van der Waals surface area contributed by atoms with E-state index in [2.05, 4.69) is 10.9 Å². The number of carboxylic acid groups (broad SMARTS) is 1. The van der Waals surface area contributed by atoms with Gasteiger partial charge < -0.3 is 14.3 Å². The standard InChI is InChI=1S/C14H18N2O5/c1-8-9(6-7-21-8)12(17)15-16-13(18)10-4-2-3-5-11(10)14(19)20/h6-7,10-11H,2-5H2,1H3,(H,15,17)(H,16,18)(H,19,20)/p-1/t10-,11+/m1/s1. The Balaban J connectivity index is 1.93. The number of aliphatic carboxylic acids is 1. The van der Waals surface area contributed by atoms with Gasteiger partial charge in [0.15, 0.2) is 0 Å². The summed E-state index contributed by atoms with van der Waals surface area (Å²) in [6.07, 6.45) is 3.83. The Bertz CT molecular complexity index is 551. The fourth-order valence-corrected chi connectivity index (χ4v) is 2.63. The van der Waals surface area contributed by atoms with Gasteiger partial charge in [0.25, 0.3) is 5.91 Å². The molecule has 21 heavy (non-hydrogen) atoms. The molecule has 2 amide bonds. The largest absolute Gasteiger partial charge is 0.550 e. The van der Waals surface area contributed by atoms with E-state index >= 15 is 0 Å². The number of carboxylic acids is 1. The van der Waals surface area contributed by atoms with Crippen LogP contribution in [0.25, 0.3) is 0 Å². The minimum Gasteiger partial charge on any atom is -0.550 e. The Morgan fingerprint density at radius 2 is 1.86 bits per heavy atom. The van der Waals surface area contributed by atoms with Crippen LogP contribution in [0.2, 0.25) is 0 Å². The van der Waals surface area contributed by atoms with E-state index < -0.39 is 29.6 Å². The van der Waals surface area contributed by atoms with E-state index in [1.165, 1.54) is 12.3 Å². The molecule has 0 spiro atoms. The Morgan fingerprint density at radius 3 is 2.43 bits per heavy atom. The van der Waals surface area contributed by atoms with Gasteiger partial charge in [-0.2, -0.15) is 0 Å². The maximum absolute atomic E-state index is 12.0. The van der Waals surface area contributed by atoms with Crippen LogP contribution in [0.15, 0.2) is 16.7 Å². The van der Waals surface area contributed by atoms with Gasteiger partial charge in [-0.05, 0) is 25.8 Å². The van der Waals surface area contributed by atoms with Gasteiger partial charge in [-0.15, -0.1) is 0 Å². The average molecular weight is 293 g/mol. The van der Waals surface area contributed by atoms with Crippen molar-refractivity contribution in [3.05, 3.63) is 23.7 Å². The SMILES string of the molecule is Cc1occc1C(=O)NNC(=O)[C@@H]1CCCC[C@@H]1C(=O)[O-]. The van der Waals surface area contributed by atoms with Gasteiger partial charge in [0.1, 0.15) is 5.76 Å². The summed E-state index contributed by atoms with van der Waals surface area (Å²) < 4.78 is 5.00. The minimum atomic E-state index is -1.22. The first-order chi connectivity index (χ1) is 10.0. The fraction of sp³-hybridized carbons (Fsp3) is 0.500. The Kier molecular flexibility index (Phi) is 4.62. The third kappa shape index (κ3) is 3.42. The molecular formula is C14H17N2O5-. The third-order valence-electron chi connectivity index (χ3n) is 3.81. The number of hydrogen-bond acceptors (Lipinski definition) is 5. The first kappa shape index (κ1) is 15.1. The van der Waals surface area contributed by atoms with Crippen LogP contribution in [0.1, 0.15) is 41.8 Å². The van der Waals surface area contributed by atoms with E-state index in [1.54, 1.807) is 6.92 Å². The van der Waals surface area contributed by atoms with Gasteiger partial charge in [-0.3, -0.25) is 20.4 Å². The molecule has 1 saturated carbocycles. The molecule has 1 aliphatic rings. The molecule has 0 aromatic carbocycles. The van der Waals surface area contributed by atoms with Crippen molar-refractivity contribution in [2.75, 3.05) is 0 Å². The van der Waals surface area contributed by atoms with Crippen molar-refractivity contribution in [1.82, 2.24) is 10.9 Å². The highest BCUT2D eigenvalue weighted by molar-refractivity contribution is 5.96. The molecule has 1 fully saturated rings. The maximum atomic E-state index is 12.0. The van der Waals surface area contributed by atoms with Crippen LogP contribution in [-0.2, 0) is 9.59 Å². The normalized spacial score (nSPS) is 21.6. The molecule has 0 aliphatic heterocycles. The van der Waals surface area contributed by atoms with Crippen molar-refractivity contribution in [3.63, 3.8) is 0 Å². The lowest BCUT2D eigenvalue weighted by Crippen LogP contribution is -2.49. The molecular weight excluding hydrogens is 276 g/mol. The van der Waals surface area contributed by atoms with Crippen molar-refractivity contribution in [3.8, 4) is 0 Å². The number of hydrogen-bond donors (Lipinski definition) is 2. The molecule has 1 aromatic heterocycles. The van der Waals surface area contributed by atoms with E-state index in [9.17, 15) is 19.5 Å². The Morgan fingerprint density at radius 1 is 1.19 bits per heavy atom. The molecule has 1 aromatic rings. The third-order valence-corrected chi connectivity index (χ3v) is 3.81. The van der Waals surface area contributed by atoms with Crippen molar-refractivity contribution in [1.29, 1.82) is 0 Å². The summed E-state index contributed by atoms with van der Waals surface area (Å²) in [5, 5.41) is 11.0. The second-order valence-corrected chi connectivity index (χ2v) is 5.15. The lowest BCUT2D eigenvalue weighted by molar-refractivity contribution is -0.314. The Hall–Kier alpha value is -2.31. The summed E-state index contributed by atoms with van der Waals surface area (Å²) in [7, 11) is 0. The molecule has 2 atom stereocenters. The predicted molar refractivity (Wildman–Crippen MR) is 69.5 cm³/mol. The molecule has 114 valence electrons. The van der Waals surface area contributed by atoms with Gasteiger partial charge in [0.2, 0.25) is 5.91 Å². The van der Waals surface area contributed by atoms with E-state index in [0.29, 0.717) is 24.2 Å². The summed E-state index contributed by atoms with van der Waals surface area (Å²) in [6, 6.07) is 1.49. The smallest absolute Gasteiger partial charge is 0.273 e. The second kappa shape index (κ2) is 6.43. The molecule has 0 radical (unpaired) electrons. The predicted octanol–water partition coefficient (Wildman–Crippen LogP) is -0.0947. The highest BCUT2D eigenvalue weighted by atomic mass is 16.4. The lowest BCUT2D eigenvalue weighted by Gasteiger charge is -2.31. The summed E-state index contributed by atoms with van der Waals surface area (Å²) in [5.74, 6) is -3.26. The second-order valence-electron chi connectivity index (χ2n) is 5.15. The first-order valence-corrected chi connectivity index (χ1v) is 6.86. The summed E-state index contributed by atoms with van der Waals surface area (Å²) >= 11 is 0. The van der Waals surface area contributed by atoms with Crippen LogP contribution >= 0.6 is 0 Å². The lowest BCUT2D eigenvalue weighted by atomic mass is 9.79. The van der Waals surface area contributed by atoms with Crippen LogP contribution < -0.4 is 16.0 Å². The van der Waals surface area contributed by atoms with Crippen molar-refractivity contribution >= 4 is 17.8 Å². The number of amides is 2. The maximum Gasteiger partial charge on any atom is 0.273 e. The Labute approximate surface area is 121 Å². The van der Waals surface area contributed by atoms with E-state index in [-0.39, 0.29) is 0 Å². The number of nitrogens with one attached hydrogen (secondary N) is 2. The molecule has 7 nitrogen and oxygen atoms in total. The highest BCUT2D eigenvalue weighted by Crippen LogP contribution is 2.29. The molecule has 1 aliphatic carbocycles. The summed E-state index contributed by atoms with van der Waals surface area (Å²) in [6.45, 7) is 1.63. The number of aryl methyl sites for hydroxylation is 1. The van der Waals surface area contributed by atoms with Gasteiger partial charge in [0, 0.05) is 17.8 Å². The zero-order valence-corrected chi connectivity index (χ0v) is 11.7. The number of rotatable bonds is 3. The van der Waals surface area contributed by atoms with Crippen LogP contribution in [0.4, 0.5) is 0 Å². The molecule has 2 rings (SSSR count). The molecule has 0 bridgehead atoms. The number of furan rings is 1. The topological polar surface area (TPSA) is 111 Å². The van der Waals surface area contributed by atoms with Crippen molar-refractivity contribution < 1.29 is 23.9 Å². The zero-order chi connectivity index (χ0) is 15.4. The number of carbonyl (C=O) groups is 3. The van der Waals surface area contributed by atoms with Gasteiger partial charge in [-0.1, -0.05) is 12.8 Å². The molecule has 1 heterocycles. The molecule has 0 unspecified atom stereocenters. The van der Waals surface area contributed by atoms with Gasteiger partial charge in [0.05, 0.1) is 11.8 Å². The minimum absolute atomic E-state index is 0.315. The van der Waals surface area contributed by atoms with Gasteiger partial charge >= 0.3 is 0 Å². The monoisotopic (exact) mass is 293 g/mol. The number of hydrazine groups is 1.